The molecule has 1 nitrogen and oxygen atoms in total. The van der Waals surface area contributed by atoms with Crippen LogP contribution in [-0.2, 0) is 5.41 Å². The van der Waals surface area contributed by atoms with Gasteiger partial charge < -0.3 is 5.32 Å². The summed E-state index contributed by atoms with van der Waals surface area (Å²) in [7, 11) is 0. The Kier molecular flexibility index (Phi) is 2.83. The van der Waals surface area contributed by atoms with E-state index in [0.29, 0.717) is 11.3 Å². The van der Waals surface area contributed by atoms with Gasteiger partial charge in [-0.25, -0.2) is 0 Å². The predicted octanol–water partition coefficient (Wildman–Crippen LogP) is 2.88. The van der Waals surface area contributed by atoms with Crippen LogP contribution in [0.4, 0.5) is 0 Å². The Labute approximate surface area is 92.9 Å². The number of aryl methyl sites for hydroxylation is 1. The fraction of sp³-hybridized carbons (Fsp3) is 0.571. The van der Waals surface area contributed by atoms with Crippen LogP contribution < -0.4 is 5.32 Å². The molecular formula is C14H21N. The van der Waals surface area contributed by atoms with Crippen molar-refractivity contribution in [2.24, 2.45) is 5.92 Å². The summed E-state index contributed by atoms with van der Waals surface area (Å²) in [5, 5.41) is 3.47. The number of hydrogen-bond acceptors (Lipinski definition) is 1. The fourth-order valence-electron chi connectivity index (χ4n) is 2.57. The molecular weight excluding hydrogens is 182 g/mol. The van der Waals surface area contributed by atoms with E-state index in [9.17, 15) is 0 Å². The molecule has 1 N–H and O–H groups in total. The van der Waals surface area contributed by atoms with Gasteiger partial charge in [-0.3, -0.25) is 0 Å². The third-order valence-corrected chi connectivity index (χ3v) is 4.04. The van der Waals surface area contributed by atoms with E-state index in [0.717, 1.165) is 13.1 Å². The average Bonchev–Trinajstić information content (AvgIpc) is 2.23. The molecule has 1 aliphatic rings. The zero-order valence-electron chi connectivity index (χ0n) is 10.0. The summed E-state index contributed by atoms with van der Waals surface area (Å²) in [6.07, 6.45) is 1.25. The Bertz CT molecular complexity index is 345. The first-order valence-corrected chi connectivity index (χ1v) is 5.91. The Morgan fingerprint density at radius 3 is 2.87 bits per heavy atom. The number of rotatable bonds is 1. The number of benzene rings is 1. The van der Waals surface area contributed by atoms with Gasteiger partial charge in [0.05, 0.1) is 0 Å². The first-order valence-electron chi connectivity index (χ1n) is 5.91. The van der Waals surface area contributed by atoms with Crippen molar-refractivity contribution in [3.8, 4) is 0 Å². The maximum absolute atomic E-state index is 3.47. The first kappa shape index (κ1) is 10.7. The zero-order valence-corrected chi connectivity index (χ0v) is 10.0. The minimum absolute atomic E-state index is 0.358. The molecule has 2 atom stereocenters. The Morgan fingerprint density at radius 2 is 2.20 bits per heavy atom. The highest BCUT2D eigenvalue weighted by Gasteiger charge is 2.34. The summed E-state index contributed by atoms with van der Waals surface area (Å²) in [4.78, 5) is 0. The molecule has 15 heavy (non-hydrogen) atoms. The van der Waals surface area contributed by atoms with E-state index in [1.54, 1.807) is 0 Å². The van der Waals surface area contributed by atoms with Crippen molar-refractivity contribution >= 4 is 0 Å². The minimum atomic E-state index is 0.358. The highest BCUT2D eigenvalue weighted by atomic mass is 14.9. The van der Waals surface area contributed by atoms with E-state index in [-0.39, 0.29) is 0 Å². The van der Waals surface area contributed by atoms with Gasteiger partial charge in [-0.2, -0.15) is 0 Å². The van der Waals surface area contributed by atoms with Crippen LogP contribution in [-0.4, -0.2) is 13.1 Å². The predicted molar refractivity (Wildman–Crippen MR) is 65.2 cm³/mol. The molecule has 0 bridgehead atoms. The van der Waals surface area contributed by atoms with E-state index >= 15 is 0 Å². The Balaban J connectivity index is 2.34. The van der Waals surface area contributed by atoms with Crippen LogP contribution in [0.2, 0.25) is 0 Å². The molecule has 1 aliphatic heterocycles. The van der Waals surface area contributed by atoms with Crippen LogP contribution in [0.15, 0.2) is 24.3 Å². The van der Waals surface area contributed by atoms with E-state index in [1.807, 2.05) is 0 Å². The quantitative estimate of drug-likeness (QED) is 0.740. The van der Waals surface area contributed by atoms with Crippen molar-refractivity contribution in [2.75, 3.05) is 13.1 Å². The van der Waals surface area contributed by atoms with Gasteiger partial charge >= 0.3 is 0 Å². The molecule has 0 spiro atoms. The van der Waals surface area contributed by atoms with Crippen LogP contribution >= 0.6 is 0 Å². The smallest absolute Gasteiger partial charge is 0.00147 e. The summed E-state index contributed by atoms with van der Waals surface area (Å²) < 4.78 is 0. The molecule has 2 rings (SSSR count). The molecule has 0 aliphatic carbocycles. The van der Waals surface area contributed by atoms with Gasteiger partial charge in [0.15, 0.2) is 0 Å². The molecule has 1 saturated heterocycles. The van der Waals surface area contributed by atoms with Crippen molar-refractivity contribution in [1.82, 2.24) is 5.32 Å². The molecule has 1 fully saturated rings. The van der Waals surface area contributed by atoms with Crippen LogP contribution in [0, 0.1) is 12.8 Å². The highest BCUT2D eigenvalue weighted by Crippen LogP contribution is 2.37. The lowest BCUT2D eigenvalue weighted by Gasteiger charge is -2.40. The van der Waals surface area contributed by atoms with Crippen LogP contribution in [0.5, 0.6) is 0 Å². The molecule has 1 heteroatoms. The lowest BCUT2D eigenvalue weighted by molar-refractivity contribution is 0.238. The summed E-state index contributed by atoms with van der Waals surface area (Å²) in [6, 6.07) is 9.00. The van der Waals surface area contributed by atoms with Crippen molar-refractivity contribution in [3.05, 3.63) is 35.4 Å². The summed E-state index contributed by atoms with van der Waals surface area (Å²) in [5.41, 5.74) is 3.24. The maximum Gasteiger partial charge on any atom is -0.00147 e. The second kappa shape index (κ2) is 3.97. The normalized spacial score (nSPS) is 31.5. The first-order chi connectivity index (χ1) is 7.13. The summed E-state index contributed by atoms with van der Waals surface area (Å²) in [6.45, 7) is 9.24. The van der Waals surface area contributed by atoms with Gasteiger partial charge in [-0.15, -0.1) is 0 Å². The van der Waals surface area contributed by atoms with Crippen LogP contribution in [0.1, 0.15) is 31.4 Å². The SMILES string of the molecule is Cc1cccc([C@]2(C)CCNC[C@@H]2C)c1. The number of hydrogen-bond donors (Lipinski definition) is 1. The van der Waals surface area contributed by atoms with Crippen molar-refractivity contribution < 1.29 is 0 Å². The molecule has 1 aromatic carbocycles. The molecule has 0 radical (unpaired) electrons. The minimum Gasteiger partial charge on any atom is -0.316 e. The van der Waals surface area contributed by atoms with Crippen molar-refractivity contribution in [2.45, 2.75) is 32.6 Å². The Hall–Kier alpha value is -0.820. The third kappa shape index (κ3) is 1.93. The second-order valence-corrected chi connectivity index (χ2v) is 5.14. The van der Waals surface area contributed by atoms with E-state index in [4.69, 9.17) is 0 Å². The molecule has 1 heterocycles. The fourth-order valence-corrected chi connectivity index (χ4v) is 2.57. The standard InChI is InChI=1S/C14H21N/c1-11-5-4-6-13(9-11)14(3)7-8-15-10-12(14)2/h4-6,9,12,15H,7-8,10H2,1-3H3/t12-,14+/m0/s1. The second-order valence-electron chi connectivity index (χ2n) is 5.14. The monoisotopic (exact) mass is 203 g/mol. The molecule has 82 valence electrons. The third-order valence-electron chi connectivity index (χ3n) is 4.04. The zero-order chi connectivity index (χ0) is 10.9. The van der Waals surface area contributed by atoms with E-state index < -0.39 is 0 Å². The molecule has 0 aromatic heterocycles. The lowest BCUT2D eigenvalue weighted by Crippen LogP contribution is -2.44. The van der Waals surface area contributed by atoms with Crippen molar-refractivity contribution in [1.29, 1.82) is 0 Å². The topological polar surface area (TPSA) is 12.0 Å². The van der Waals surface area contributed by atoms with Gasteiger partial charge in [0.2, 0.25) is 0 Å². The highest BCUT2D eigenvalue weighted by molar-refractivity contribution is 5.30. The van der Waals surface area contributed by atoms with Gasteiger partial charge in [0, 0.05) is 0 Å². The van der Waals surface area contributed by atoms with Gasteiger partial charge in [0.1, 0.15) is 0 Å². The maximum atomic E-state index is 3.47. The van der Waals surface area contributed by atoms with Crippen molar-refractivity contribution in [3.63, 3.8) is 0 Å². The van der Waals surface area contributed by atoms with E-state index in [2.05, 4.69) is 50.4 Å². The molecule has 0 amide bonds. The lowest BCUT2D eigenvalue weighted by atomic mass is 9.68. The van der Waals surface area contributed by atoms with Gasteiger partial charge in [0.25, 0.3) is 0 Å². The number of piperidine rings is 1. The molecule has 0 unspecified atom stereocenters. The largest absolute Gasteiger partial charge is 0.316 e. The van der Waals surface area contributed by atoms with Gasteiger partial charge in [-0.1, -0.05) is 43.7 Å². The summed E-state index contributed by atoms with van der Waals surface area (Å²) >= 11 is 0. The number of nitrogens with one attached hydrogen (secondary N) is 1. The molecule has 1 aromatic rings. The van der Waals surface area contributed by atoms with E-state index in [1.165, 1.54) is 17.5 Å². The van der Waals surface area contributed by atoms with Crippen LogP contribution in [0.3, 0.4) is 0 Å². The van der Waals surface area contributed by atoms with Crippen LogP contribution in [0.25, 0.3) is 0 Å². The Morgan fingerprint density at radius 1 is 1.40 bits per heavy atom. The average molecular weight is 203 g/mol. The van der Waals surface area contributed by atoms with Gasteiger partial charge in [-0.05, 0) is 43.3 Å². The molecule has 0 saturated carbocycles. The summed E-state index contributed by atoms with van der Waals surface area (Å²) in [5.74, 6) is 0.716.